The van der Waals surface area contributed by atoms with Gasteiger partial charge in [-0.1, -0.05) is 26.2 Å². The number of aromatic nitrogens is 2. The predicted molar refractivity (Wildman–Crippen MR) is 124 cm³/mol. The Morgan fingerprint density at radius 1 is 1.30 bits per heavy atom. The minimum Gasteiger partial charge on any atom is -0.492 e. The van der Waals surface area contributed by atoms with Crippen LogP contribution in [0.15, 0.2) is 24.1 Å². The SMILES string of the molecule is CCCCCC(C)(C(=O)Nc1ccn(CC(C)(C)O)n1)N1CC(OC2CCOCC2)=CC1=O. The van der Waals surface area contributed by atoms with Gasteiger partial charge >= 0.3 is 0 Å². The molecule has 9 heteroatoms. The van der Waals surface area contributed by atoms with Crippen LogP contribution in [0, 0.1) is 0 Å². The highest BCUT2D eigenvalue weighted by Crippen LogP contribution is 2.30. The van der Waals surface area contributed by atoms with Gasteiger partial charge < -0.3 is 24.8 Å². The minimum absolute atomic E-state index is 0.0395. The van der Waals surface area contributed by atoms with Gasteiger partial charge in [-0.25, -0.2) is 0 Å². The number of carbonyl (C=O) groups excluding carboxylic acids is 2. The maximum Gasteiger partial charge on any atom is 0.251 e. The fourth-order valence-corrected chi connectivity index (χ4v) is 4.25. The molecule has 0 radical (unpaired) electrons. The maximum absolute atomic E-state index is 13.5. The molecule has 3 rings (SSSR count). The molecule has 184 valence electrons. The average molecular weight is 463 g/mol. The van der Waals surface area contributed by atoms with Crippen molar-refractivity contribution in [3.05, 3.63) is 24.1 Å². The van der Waals surface area contributed by atoms with Gasteiger partial charge in [0.1, 0.15) is 17.4 Å². The summed E-state index contributed by atoms with van der Waals surface area (Å²) in [6, 6.07) is 1.69. The van der Waals surface area contributed by atoms with Crippen LogP contribution in [-0.4, -0.2) is 68.6 Å². The Bertz CT molecular complexity index is 853. The van der Waals surface area contributed by atoms with Gasteiger partial charge in [0, 0.05) is 31.2 Å². The molecule has 1 fully saturated rings. The number of rotatable bonds is 11. The highest BCUT2D eigenvalue weighted by molar-refractivity contribution is 6.02. The van der Waals surface area contributed by atoms with Crippen LogP contribution >= 0.6 is 0 Å². The number of nitrogens with one attached hydrogen (secondary N) is 1. The molecule has 0 bridgehead atoms. The van der Waals surface area contributed by atoms with E-state index >= 15 is 0 Å². The monoisotopic (exact) mass is 462 g/mol. The number of nitrogens with zero attached hydrogens (tertiary/aromatic N) is 3. The van der Waals surface area contributed by atoms with E-state index in [0.717, 1.165) is 32.1 Å². The predicted octanol–water partition coefficient (Wildman–Crippen LogP) is 2.85. The molecule has 0 spiro atoms. The van der Waals surface area contributed by atoms with Crippen molar-refractivity contribution in [2.45, 2.75) is 90.0 Å². The Morgan fingerprint density at radius 3 is 2.70 bits per heavy atom. The van der Waals surface area contributed by atoms with E-state index in [9.17, 15) is 14.7 Å². The van der Waals surface area contributed by atoms with Crippen LogP contribution in [0.3, 0.4) is 0 Å². The van der Waals surface area contributed by atoms with Crippen LogP contribution in [0.2, 0.25) is 0 Å². The Kier molecular flexibility index (Phi) is 8.18. The van der Waals surface area contributed by atoms with Crippen molar-refractivity contribution >= 4 is 17.6 Å². The molecular weight excluding hydrogens is 424 g/mol. The van der Waals surface area contributed by atoms with E-state index in [4.69, 9.17) is 9.47 Å². The third kappa shape index (κ3) is 6.80. The van der Waals surface area contributed by atoms with Crippen LogP contribution in [0.5, 0.6) is 0 Å². The molecule has 3 heterocycles. The van der Waals surface area contributed by atoms with Crippen molar-refractivity contribution in [1.82, 2.24) is 14.7 Å². The number of ether oxygens (including phenoxy) is 2. The molecule has 2 aliphatic rings. The quantitative estimate of drug-likeness (QED) is 0.490. The van der Waals surface area contributed by atoms with Crippen molar-refractivity contribution in [3.63, 3.8) is 0 Å². The summed E-state index contributed by atoms with van der Waals surface area (Å²) < 4.78 is 13.0. The number of hydrogen-bond donors (Lipinski definition) is 2. The number of unbranched alkanes of at least 4 members (excludes halogenated alkanes) is 2. The summed E-state index contributed by atoms with van der Waals surface area (Å²) in [5, 5.41) is 17.2. The molecule has 1 saturated heterocycles. The van der Waals surface area contributed by atoms with Crippen molar-refractivity contribution in [1.29, 1.82) is 0 Å². The highest BCUT2D eigenvalue weighted by atomic mass is 16.5. The molecule has 0 aromatic carbocycles. The summed E-state index contributed by atoms with van der Waals surface area (Å²) in [5.74, 6) is 0.514. The normalized spacial score (nSPS) is 19.4. The van der Waals surface area contributed by atoms with Crippen molar-refractivity contribution in [2.75, 3.05) is 25.1 Å². The van der Waals surface area contributed by atoms with E-state index in [1.165, 1.54) is 6.08 Å². The van der Waals surface area contributed by atoms with Gasteiger partial charge in [0.15, 0.2) is 5.82 Å². The van der Waals surface area contributed by atoms with Gasteiger partial charge in [-0.3, -0.25) is 14.3 Å². The van der Waals surface area contributed by atoms with Crippen molar-refractivity contribution in [2.24, 2.45) is 0 Å². The Balaban J connectivity index is 1.70. The summed E-state index contributed by atoms with van der Waals surface area (Å²) >= 11 is 0. The number of anilines is 1. The molecule has 2 N–H and O–H groups in total. The number of carbonyl (C=O) groups is 2. The molecule has 2 aliphatic heterocycles. The smallest absolute Gasteiger partial charge is 0.251 e. The molecule has 1 unspecified atom stereocenters. The lowest BCUT2D eigenvalue weighted by Crippen LogP contribution is -2.56. The molecular formula is C24H38N4O5. The Labute approximate surface area is 196 Å². The minimum atomic E-state index is -1.04. The second-order valence-electron chi connectivity index (χ2n) is 9.86. The molecule has 1 aromatic rings. The van der Waals surface area contributed by atoms with Gasteiger partial charge in [0.25, 0.3) is 11.8 Å². The fraction of sp³-hybridized carbons (Fsp3) is 0.708. The van der Waals surface area contributed by atoms with Gasteiger partial charge in [0.05, 0.1) is 31.9 Å². The molecule has 0 aliphatic carbocycles. The largest absolute Gasteiger partial charge is 0.492 e. The second kappa shape index (κ2) is 10.7. The van der Waals surface area contributed by atoms with E-state index in [2.05, 4.69) is 17.3 Å². The van der Waals surface area contributed by atoms with Gasteiger partial charge in [-0.05, 0) is 27.2 Å². The van der Waals surface area contributed by atoms with Gasteiger partial charge in [-0.15, -0.1) is 0 Å². The van der Waals surface area contributed by atoms with Gasteiger partial charge in [-0.2, -0.15) is 5.10 Å². The second-order valence-corrected chi connectivity index (χ2v) is 9.86. The van der Waals surface area contributed by atoms with E-state index < -0.39 is 11.1 Å². The summed E-state index contributed by atoms with van der Waals surface area (Å²) in [5.41, 5.74) is -1.96. The van der Waals surface area contributed by atoms with Crippen LogP contribution in [-0.2, 0) is 25.6 Å². The summed E-state index contributed by atoms with van der Waals surface area (Å²) in [7, 11) is 0. The summed E-state index contributed by atoms with van der Waals surface area (Å²) in [4.78, 5) is 28.0. The lowest BCUT2D eigenvalue weighted by atomic mass is 9.91. The fourth-order valence-electron chi connectivity index (χ4n) is 4.25. The molecule has 33 heavy (non-hydrogen) atoms. The zero-order valence-electron chi connectivity index (χ0n) is 20.3. The van der Waals surface area contributed by atoms with Crippen molar-refractivity contribution in [3.8, 4) is 0 Å². The zero-order valence-corrected chi connectivity index (χ0v) is 20.3. The lowest BCUT2D eigenvalue weighted by molar-refractivity contribution is -0.140. The first-order valence-electron chi connectivity index (χ1n) is 11.9. The molecule has 1 aromatic heterocycles. The Morgan fingerprint density at radius 2 is 2.03 bits per heavy atom. The third-order valence-electron chi connectivity index (χ3n) is 6.13. The maximum atomic E-state index is 13.5. The van der Waals surface area contributed by atoms with Gasteiger partial charge in [0.2, 0.25) is 0 Å². The highest BCUT2D eigenvalue weighted by Gasteiger charge is 2.44. The first kappa shape index (κ1) is 25.2. The first-order valence-corrected chi connectivity index (χ1v) is 11.9. The molecule has 1 atom stereocenters. The topological polar surface area (TPSA) is 106 Å². The molecule has 0 saturated carbocycles. The number of aliphatic hydroxyl groups is 1. The average Bonchev–Trinajstić information content (AvgIpc) is 3.33. The standard InChI is InChI=1S/C24H38N4O5/c1-5-6-7-11-24(4,22(30)25-20-8-12-27(26-20)17-23(2,3)31)28-16-19(15-21(28)29)33-18-9-13-32-14-10-18/h8,12,15,18,31H,5-7,9-11,13-14,16-17H2,1-4H3,(H,25,26,30). The van der Waals surface area contributed by atoms with E-state index in [0.29, 0.717) is 37.8 Å². The van der Waals surface area contributed by atoms with E-state index in [1.807, 2.05) is 6.92 Å². The number of amides is 2. The summed E-state index contributed by atoms with van der Waals surface area (Å²) in [6.45, 7) is 9.22. The zero-order chi connectivity index (χ0) is 24.1. The molecule has 9 nitrogen and oxygen atoms in total. The first-order chi connectivity index (χ1) is 15.6. The van der Waals surface area contributed by atoms with Crippen LogP contribution in [0.1, 0.15) is 66.2 Å². The summed E-state index contributed by atoms with van der Waals surface area (Å²) in [6.07, 6.45) is 8.23. The molecule has 2 amide bonds. The van der Waals surface area contributed by atoms with Crippen LogP contribution in [0.25, 0.3) is 0 Å². The third-order valence-corrected chi connectivity index (χ3v) is 6.13. The van der Waals surface area contributed by atoms with E-state index in [1.54, 1.807) is 35.7 Å². The van der Waals surface area contributed by atoms with E-state index in [-0.39, 0.29) is 24.5 Å². The number of hydrogen-bond acceptors (Lipinski definition) is 6. The Hall–Kier alpha value is -2.39. The van der Waals surface area contributed by atoms with Crippen LogP contribution in [0.4, 0.5) is 5.82 Å². The van der Waals surface area contributed by atoms with Crippen molar-refractivity contribution < 1.29 is 24.2 Å². The van der Waals surface area contributed by atoms with Crippen LogP contribution < -0.4 is 5.32 Å². The lowest BCUT2D eigenvalue weighted by Gasteiger charge is -2.37.